The van der Waals surface area contributed by atoms with Crippen LogP contribution in [0.1, 0.15) is 36.5 Å². The normalized spacial score (nSPS) is 10.8. The van der Waals surface area contributed by atoms with Gasteiger partial charge in [0.05, 0.1) is 0 Å². The third-order valence-corrected chi connectivity index (χ3v) is 3.65. The highest BCUT2D eigenvalue weighted by atomic mass is 16.1. The van der Waals surface area contributed by atoms with Gasteiger partial charge in [-0.15, -0.1) is 0 Å². The Balaban J connectivity index is 1.99. The molecule has 2 aromatic carbocycles. The maximum Gasteiger partial charge on any atom is 0.141 e. The summed E-state index contributed by atoms with van der Waals surface area (Å²) in [6.45, 7) is 1.60. The lowest BCUT2D eigenvalue weighted by Crippen LogP contribution is -2.07. The third kappa shape index (κ3) is 6.03. The van der Waals surface area contributed by atoms with Gasteiger partial charge in [0.15, 0.2) is 0 Å². The summed E-state index contributed by atoms with van der Waals surface area (Å²) in [7, 11) is 0. The average Bonchev–Trinajstić information content (AvgIpc) is 2.53. The summed E-state index contributed by atoms with van der Waals surface area (Å²) < 4.78 is 0. The number of benzene rings is 2. The molecule has 2 heteroatoms. The smallest absolute Gasteiger partial charge is 0.141 e. The van der Waals surface area contributed by atoms with Crippen LogP contribution in [0.2, 0.25) is 0 Å². The molecule has 0 fully saturated rings. The Morgan fingerprint density at radius 1 is 0.913 bits per heavy atom. The van der Waals surface area contributed by atoms with E-state index in [0.717, 1.165) is 23.1 Å². The average molecular weight is 306 g/mol. The van der Waals surface area contributed by atoms with Crippen molar-refractivity contribution in [3.63, 3.8) is 0 Å². The van der Waals surface area contributed by atoms with Crippen LogP contribution in [-0.2, 0) is 22.4 Å². The Bertz CT molecular complexity index is 684. The highest BCUT2D eigenvalue weighted by Gasteiger charge is 2.07. The van der Waals surface area contributed by atoms with Gasteiger partial charge in [-0.1, -0.05) is 66.7 Å². The van der Waals surface area contributed by atoms with Gasteiger partial charge in [0.2, 0.25) is 0 Å². The van der Waals surface area contributed by atoms with Crippen molar-refractivity contribution in [1.82, 2.24) is 0 Å². The second-order valence-corrected chi connectivity index (χ2v) is 5.72. The van der Waals surface area contributed by atoms with E-state index in [4.69, 9.17) is 0 Å². The van der Waals surface area contributed by atoms with Crippen LogP contribution in [0.15, 0.2) is 60.7 Å². The van der Waals surface area contributed by atoms with Crippen LogP contribution in [-0.4, -0.2) is 11.6 Å². The van der Waals surface area contributed by atoms with Crippen molar-refractivity contribution in [2.75, 3.05) is 0 Å². The van der Waals surface area contributed by atoms with E-state index in [-0.39, 0.29) is 11.6 Å². The quantitative estimate of drug-likeness (QED) is 0.723. The van der Waals surface area contributed by atoms with E-state index in [1.54, 1.807) is 6.92 Å². The number of Topliss-reactive ketones (excluding diaryl/α,β-unsaturated/α-hetero) is 2. The summed E-state index contributed by atoms with van der Waals surface area (Å²) in [5, 5.41) is 0. The molecule has 0 aliphatic carbocycles. The molecule has 0 atom stereocenters. The van der Waals surface area contributed by atoms with Gasteiger partial charge in [-0.05, 0) is 30.0 Å². The van der Waals surface area contributed by atoms with Crippen molar-refractivity contribution in [2.24, 2.45) is 0 Å². The zero-order valence-electron chi connectivity index (χ0n) is 13.5. The Kier molecular flexibility index (Phi) is 6.49. The first-order chi connectivity index (χ1) is 11.1. The van der Waals surface area contributed by atoms with Gasteiger partial charge in [0.1, 0.15) is 11.6 Å². The maximum atomic E-state index is 12.3. The highest BCUT2D eigenvalue weighted by molar-refractivity contribution is 5.84. The van der Waals surface area contributed by atoms with Gasteiger partial charge in [0, 0.05) is 19.3 Å². The largest absolute Gasteiger partial charge is 0.300 e. The monoisotopic (exact) mass is 306 g/mol. The summed E-state index contributed by atoms with van der Waals surface area (Å²) >= 11 is 0. The van der Waals surface area contributed by atoms with E-state index in [1.807, 2.05) is 66.7 Å². The fourth-order valence-corrected chi connectivity index (χ4v) is 2.45. The first-order valence-electron chi connectivity index (χ1n) is 7.94. The number of allylic oxidation sites excluding steroid dienone is 1. The lowest BCUT2D eigenvalue weighted by molar-refractivity contribution is -0.118. The summed E-state index contributed by atoms with van der Waals surface area (Å²) in [4.78, 5) is 23.2. The van der Waals surface area contributed by atoms with Gasteiger partial charge in [-0.2, -0.15) is 0 Å². The molecule has 0 aliphatic heterocycles. The Hall–Kier alpha value is -2.48. The molecule has 0 N–H and O–H groups in total. The van der Waals surface area contributed by atoms with Crippen LogP contribution in [0.25, 0.3) is 6.08 Å². The zero-order valence-corrected chi connectivity index (χ0v) is 13.5. The third-order valence-electron chi connectivity index (χ3n) is 3.65. The molecule has 0 spiro atoms. The van der Waals surface area contributed by atoms with Crippen molar-refractivity contribution in [3.05, 3.63) is 77.4 Å². The molecule has 0 heterocycles. The minimum Gasteiger partial charge on any atom is -0.300 e. The van der Waals surface area contributed by atoms with Crippen LogP contribution < -0.4 is 0 Å². The molecule has 2 aromatic rings. The Labute approximate surface area is 137 Å². The van der Waals surface area contributed by atoms with Crippen LogP contribution in [0.4, 0.5) is 0 Å². The van der Waals surface area contributed by atoms with Gasteiger partial charge in [-0.25, -0.2) is 0 Å². The predicted octanol–water partition coefficient (Wildman–Crippen LogP) is 4.42. The minimum absolute atomic E-state index is 0.195. The summed E-state index contributed by atoms with van der Waals surface area (Å²) in [5.41, 5.74) is 3.14. The summed E-state index contributed by atoms with van der Waals surface area (Å²) in [5.74, 6) is 0.404. The van der Waals surface area contributed by atoms with Crippen molar-refractivity contribution < 1.29 is 9.59 Å². The topological polar surface area (TPSA) is 34.1 Å². The van der Waals surface area contributed by atoms with E-state index in [2.05, 4.69) is 0 Å². The summed E-state index contributed by atoms with van der Waals surface area (Å²) in [6.07, 6.45) is 6.20. The fourth-order valence-electron chi connectivity index (χ4n) is 2.45. The van der Waals surface area contributed by atoms with E-state index in [1.165, 1.54) is 0 Å². The Morgan fingerprint density at radius 3 is 2.35 bits per heavy atom. The molecular weight excluding hydrogens is 284 g/mol. The second-order valence-electron chi connectivity index (χ2n) is 5.72. The molecule has 0 aliphatic rings. The molecule has 2 nitrogen and oxygen atoms in total. The van der Waals surface area contributed by atoms with Gasteiger partial charge >= 0.3 is 0 Å². The van der Waals surface area contributed by atoms with Crippen molar-refractivity contribution in [2.45, 2.75) is 32.6 Å². The molecule has 23 heavy (non-hydrogen) atoms. The highest BCUT2D eigenvalue weighted by Crippen LogP contribution is 2.14. The van der Waals surface area contributed by atoms with Gasteiger partial charge in [-0.3, -0.25) is 4.79 Å². The number of ketones is 2. The molecular formula is C21H22O2. The number of carbonyl (C=O) groups is 2. The predicted molar refractivity (Wildman–Crippen MR) is 94.2 cm³/mol. The Morgan fingerprint density at radius 2 is 1.61 bits per heavy atom. The SMILES string of the molecule is CC(=O)CC/C=C/c1ccccc1CC(=O)Cc1ccccc1. The van der Waals surface area contributed by atoms with E-state index < -0.39 is 0 Å². The lowest BCUT2D eigenvalue weighted by Gasteiger charge is -2.06. The van der Waals surface area contributed by atoms with Crippen molar-refractivity contribution in [1.29, 1.82) is 0 Å². The lowest BCUT2D eigenvalue weighted by atomic mass is 9.98. The molecule has 0 amide bonds. The number of hydrogen-bond donors (Lipinski definition) is 0. The summed E-state index contributed by atoms with van der Waals surface area (Å²) in [6, 6.07) is 17.7. The van der Waals surface area contributed by atoms with E-state index in [9.17, 15) is 9.59 Å². The number of rotatable bonds is 8. The van der Waals surface area contributed by atoms with E-state index in [0.29, 0.717) is 19.3 Å². The molecule has 0 saturated heterocycles. The zero-order chi connectivity index (χ0) is 16.5. The van der Waals surface area contributed by atoms with Crippen molar-refractivity contribution >= 4 is 17.6 Å². The van der Waals surface area contributed by atoms with Crippen LogP contribution in [0, 0.1) is 0 Å². The number of hydrogen-bond acceptors (Lipinski definition) is 2. The van der Waals surface area contributed by atoms with Crippen molar-refractivity contribution in [3.8, 4) is 0 Å². The maximum absolute atomic E-state index is 12.3. The molecule has 2 rings (SSSR count). The van der Waals surface area contributed by atoms with Crippen LogP contribution in [0.3, 0.4) is 0 Å². The van der Waals surface area contributed by atoms with Gasteiger partial charge < -0.3 is 4.79 Å². The van der Waals surface area contributed by atoms with Crippen LogP contribution >= 0.6 is 0 Å². The molecule has 0 saturated carbocycles. The first kappa shape index (κ1) is 16.9. The molecule has 0 radical (unpaired) electrons. The molecule has 0 unspecified atom stereocenters. The molecule has 118 valence electrons. The number of carbonyl (C=O) groups excluding carboxylic acids is 2. The molecule has 0 aromatic heterocycles. The minimum atomic E-state index is 0.195. The fraction of sp³-hybridized carbons (Fsp3) is 0.238. The second kappa shape index (κ2) is 8.84. The standard InChI is InChI=1S/C21H22O2/c1-17(22)9-5-6-12-19-13-7-8-14-20(19)16-21(23)15-18-10-3-2-4-11-18/h2-4,6-8,10-14H,5,9,15-16H2,1H3/b12-6+. The molecule has 0 bridgehead atoms. The first-order valence-corrected chi connectivity index (χ1v) is 7.94. The van der Waals surface area contributed by atoms with Crippen LogP contribution in [0.5, 0.6) is 0 Å². The van der Waals surface area contributed by atoms with Gasteiger partial charge in [0.25, 0.3) is 0 Å². The van der Waals surface area contributed by atoms with E-state index >= 15 is 0 Å².